The van der Waals surface area contributed by atoms with Gasteiger partial charge in [0.15, 0.2) is 0 Å². The van der Waals surface area contributed by atoms with Crippen molar-refractivity contribution in [3.8, 4) is 0 Å². The summed E-state index contributed by atoms with van der Waals surface area (Å²) in [6, 6.07) is 0. The van der Waals surface area contributed by atoms with Gasteiger partial charge < -0.3 is 0 Å². The van der Waals surface area contributed by atoms with Crippen molar-refractivity contribution in [2.24, 2.45) is 0 Å². The van der Waals surface area contributed by atoms with E-state index in [0.29, 0.717) is 0 Å². The Bertz CT molecular complexity index is 296. The molecule has 0 aromatic carbocycles. The fourth-order valence-corrected chi connectivity index (χ4v) is 1.96. The van der Waals surface area contributed by atoms with Crippen LogP contribution in [0.4, 0.5) is 0 Å². The first-order chi connectivity index (χ1) is 9.17. The second-order valence-corrected chi connectivity index (χ2v) is 4.64. The monoisotopic (exact) mass is 262 g/mol. The Morgan fingerprint density at radius 3 is 2.16 bits per heavy atom. The van der Waals surface area contributed by atoms with E-state index in [2.05, 4.69) is 52.5 Å². The molecule has 0 amide bonds. The molecule has 110 valence electrons. The van der Waals surface area contributed by atoms with Gasteiger partial charge in [-0.25, -0.2) is 0 Å². The Kier molecular flexibility index (Phi) is 16.0. The number of unbranched alkanes of at least 4 members (excludes halogenated alkanes) is 2. The molecule has 0 aliphatic heterocycles. The summed E-state index contributed by atoms with van der Waals surface area (Å²) in [7, 11) is 0. The molecule has 0 bridgehead atoms. The predicted molar refractivity (Wildman–Crippen MR) is 91.6 cm³/mol. The Morgan fingerprint density at radius 1 is 1.11 bits per heavy atom. The van der Waals surface area contributed by atoms with Crippen molar-refractivity contribution in [3.05, 3.63) is 47.6 Å². The number of hydrogen-bond acceptors (Lipinski definition) is 0. The molecule has 0 radical (unpaired) electrons. The average molecular weight is 262 g/mol. The van der Waals surface area contributed by atoms with Gasteiger partial charge in [0.25, 0.3) is 0 Å². The molecule has 0 aromatic rings. The molecular weight excluding hydrogens is 228 g/mol. The van der Waals surface area contributed by atoms with Crippen molar-refractivity contribution in [1.29, 1.82) is 0 Å². The third kappa shape index (κ3) is 10.6. The lowest BCUT2D eigenvalue weighted by molar-refractivity contribution is 0.711. The SMILES string of the molecule is C=C/C=C(\C/C=C/C)C(CCCCC)=C(C)C.CC. The Balaban J connectivity index is 0. The molecule has 0 N–H and O–H groups in total. The standard InChI is InChI=1S/C17H28.C2H6/c1-6-9-11-14-17(15(4)5)16(12-8-3)13-10-7-2;1-2/h7-8,10,12H,3,6,9,11,13-14H2,1-2,4-5H3;1-2H3/b10-7+,16-12+;. The molecule has 0 saturated heterocycles. The molecular formula is C19H34. The van der Waals surface area contributed by atoms with E-state index in [1.54, 1.807) is 0 Å². The lowest BCUT2D eigenvalue weighted by Crippen LogP contribution is -1.93. The highest BCUT2D eigenvalue weighted by Gasteiger charge is 2.05. The molecule has 0 nitrogen and oxygen atoms in total. The highest BCUT2D eigenvalue weighted by molar-refractivity contribution is 5.37. The first-order valence-corrected chi connectivity index (χ1v) is 7.76. The van der Waals surface area contributed by atoms with Crippen LogP contribution in [0.15, 0.2) is 47.6 Å². The highest BCUT2D eigenvalue weighted by Crippen LogP contribution is 2.24. The van der Waals surface area contributed by atoms with E-state index < -0.39 is 0 Å². The zero-order valence-corrected chi connectivity index (χ0v) is 14.1. The van der Waals surface area contributed by atoms with Crippen LogP contribution in [-0.4, -0.2) is 0 Å². The van der Waals surface area contributed by atoms with Crippen LogP contribution in [0.1, 0.15) is 73.6 Å². The average Bonchev–Trinajstić information content (AvgIpc) is 2.42. The number of hydrogen-bond donors (Lipinski definition) is 0. The van der Waals surface area contributed by atoms with Crippen LogP contribution < -0.4 is 0 Å². The molecule has 0 saturated carbocycles. The van der Waals surface area contributed by atoms with E-state index in [-0.39, 0.29) is 0 Å². The van der Waals surface area contributed by atoms with Crippen LogP contribution in [0.3, 0.4) is 0 Å². The third-order valence-electron chi connectivity index (χ3n) is 2.91. The molecule has 0 aliphatic rings. The van der Waals surface area contributed by atoms with Crippen molar-refractivity contribution >= 4 is 0 Å². The summed E-state index contributed by atoms with van der Waals surface area (Å²) >= 11 is 0. The lowest BCUT2D eigenvalue weighted by Gasteiger charge is -2.13. The minimum absolute atomic E-state index is 1.02. The Hall–Kier alpha value is -1.04. The fraction of sp³-hybridized carbons (Fsp3) is 0.579. The van der Waals surface area contributed by atoms with E-state index in [9.17, 15) is 0 Å². The minimum atomic E-state index is 1.02. The number of allylic oxidation sites excluding steroid dienone is 7. The smallest absolute Gasteiger partial charge is 0.00948 e. The topological polar surface area (TPSA) is 0 Å². The van der Waals surface area contributed by atoms with E-state index >= 15 is 0 Å². The first-order valence-electron chi connectivity index (χ1n) is 7.76. The summed E-state index contributed by atoms with van der Waals surface area (Å²) in [4.78, 5) is 0. The highest BCUT2D eigenvalue weighted by atomic mass is 14.1. The predicted octanol–water partition coefficient (Wildman–Crippen LogP) is 7.01. The van der Waals surface area contributed by atoms with Gasteiger partial charge in [0.05, 0.1) is 0 Å². The van der Waals surface area contributed by atoms with Crippen LogP contribution in [0.25, 0.3) is 0 Å². The van der Waals surface area contributed by atoms with E-state index in [4.69, 9.17) is 0 Å². The second-order valence-electron chi connectivity index (χ2n) is 4.64. The normalized spacial score (nSPS) is 10.9. The summed E-state index contributed by atoms with van der Waals surface area (Å²) in [5.41, 5.74) is 4.39. The summed E-state index contributed by atoms with van der Waals surface area (Å²) < 4.78 is 0. The molecule has 19 heavy (non-hydrogen) atoms. The molecule has 0 atom stereocenters. The largest absolute Gasteiger partial charge is 0.0991 e. The van der Waals surface area contributed by atoms with Gasteiger partial charge in [0, 0.05) is 0 Å². The summed E-state index contributed by atoms with van der Waals surface area (Å²) in [6.45, 7) is 16.6. The van der Waals surface area contributed by atoms with E-state index in [1.807, 2.05) is 19.9 Å². The summed E-state index contributed by atoms with van der Waals surface area (Å²) in [6.07, 6.45) is 14.5. The van der Waals surface area contributed by atoms with Crippen LogP contribution in [0, 0.1) is 0 Å². The zero-order valence-electron chi connectivity index (χ0n) is 14.1. The molecule has 0 heterocycles. The molecule has 0 heteroatoms. The molecule has 0 aliphatic carbocycles. The molecule has 0 fully saturated rings. The van der Waals surface area contributed by atoms with Crippen LogP contribution >= 0.6 is 0 Å². The van der Waals surface area contributed by atoms with Gasteiger partial charge in [-0.05, 0) is 51.2 Å². The van der Waals surface area contributed by atoms with Gasteiger partial charge in [0.2, 0.25) is 0 Å². The van der Waals surface area contributed by atoms with Crippen LogP contribution in [-0.2, 0) is 0 Å². The van der Waals surface area contributed by atoms with Gasteiger partial charge in [-0.3, -0.25) is 0 Å². The second kappa shape index (κ2) is 15.0. The number of rotatable bonds is 8. The van der Waals surface area contributed by atoms with Gasteiger partial charge in [0.1, 0.15) is 0 Å². The molecule has 0 unspecified atom stereocenters. The maximum absolute atomic E-state index is 3.82. The maximum Gasteiger partial charge on any atom is -0.00948 e. The van der Waals surface area contributed by atoms with Crippen molar-refractivity contribution in [3.63, 3.8) is 0 Å². The summed E-state index contributed by atoms with van der Waals surface area (Å²) in [5.74, 6) is 0. The minimum Gasteiger partial charge on any atom is -0.0991 e. The van der Waals surface area contributed by atoms with Crippen LogP contribution in [0.5, 0.6) is 0 Å². The molecule has 0 aromatic heterocycles. The van der Waals surface area contributed by atoms with Gasteiger partial charge in [-0.1, -0.05) is 70.1 Å². The van der Waals surface area contributed by atoms with Crippen molar-refractivity contribution < 1.29 is 0 Å². The first kappa shape index (κ1) is 20.3. The lowest BCUT2D eigenvalue weighted by atomic mass is 9.93. The quantitative estimate of drug-likeness (QED) is 0.251. The summed E-state index contributed by atoms with van der Waals surface area (Å²) in [5, 5.41) is 0. The zero-order chi connectivity index (χ0) is 15.1. The maximum atomic E-state index is 3.82. The fourth-order valence-electron chi connectivity index (χ4n) is 1.96. The van der Waals surface area contributed by atoms with Gasteiger partial charge in [-0.15, -0.1) is 0 Å². The van der Waals surface area contributed by atoms with Crippen molar-refractivity contribution in [1.82, 2.24) is 0 Å². The van der Waals surface area contributed by atoms with E-state index in [0.717, 1.165) is 6.42 Å². The van der Waals surface area contributed by atoms with Crippen molar-refractivity contribution in [2.45, 2.75) is 73.6 Å². The van der Waals surface area contributed by atoms with Crippen LogP contribution in [0.2, 0.25) is 0 Å². The Morgan fingerprint density at radius 2 is 1.74 bits per heavy atom. The molecule has 0 rings (SSSR count). The van der Waals surface area contributed by atoms with Crippen molar-refractivity contribution in [2.75, 3.05) is 0 Å². The molecule has 0 spiro atoms. The third-order valence-corrected chi connectivity index (χ3v) is 2.91. The Labute approximate surface area is 122 Å². The van der Waals surface area contributed by atoms with Gasteiger partial charge >= 0.3 is 0 Å². The van der Waals surface area contributed by atoms with Gasteiger partial charge in [-0.2, -0.15) is 0 Å². The van der Waals surface area contributed by atoms with E-state index in [1.165, 1.54) is 42.4 Å².